The number of amides is 1. The topological polar surface area (TPSA) is 49.9 Å². The summed E-state index contributed by atoms with van der Waals surface area (Å²) in [5.41, 5.74) is 0.343. The van der Waals surface area contributed by atoms with Crippen LogP contribution in [-0.4, -0.2) is 53.5 Å². The Kier molecular flexibility index (Phi) is 4.54. The summed E-state index contributed by atoms with van der Waals surface area (Å²) in [4.78, 5) is 30.9. The molecule has 1 aromatic heterocycles. The second-order valence-corrected chi connectivity index (χ2v) is 8.13. The molecule has 2 aliphatic heterocycles. The fraction of sp³-hybridized carbons (Fsp3) is 0.400. The molecule has 1 unspecified atom stereocenters. The fourth-order valence-corrected chi connectivity index (χ4v) is 4.46. The number of thiophene rings is 1. The molecule has 1 aromatic carbocycles. The zero-order chi connectivity index (χ0) is 18.1. The molecule has 2 aliphatic rings. The van der Waals surface area contributed by atoms with Gasteiger partial charge < -0.3 is 9.64 Å². The van der Waals surface area contributed by atoms with Crippen molar-refractivity contribution in [2.75, 3.05) is 26.2 Å². The van der Waals surface area contributed by atoms with Gasteiger partial charge in [0.15, 0.2) is 5.60 Å². The van der Waals surface area contributed by atoms with Crippen LogP contribution in [-0.2, 0) is 22.5 Å². The number of hydrogen-bond acceptors (Lipinski definition) is 5. The zero-order valence-corrected chi connectivity index (χ0v) is 15.6. The first-order valence-corrected chi connectivity index (χ1v) is 9.78. The maximum absolute atomic E-state index is 13.1. The number of rotatable bonds is 3. The van der Waals surface area contributed by atoms with Gasteiger partial charge in [-0.3, -0.25) is 9.69 Å². The Morgan fingerprint density at radius 3 is 2.65 bits per heavy atom. The Bertz CT molecular complexity index is 812. The minimum absolute atomic E-state index is 0.0869. The molecule has 1 atom stereocenters. The lowest BCUT2D eigenvalue weighted by Gasteiger charge is -2.40. The standard InChI is InChI=1S/C20H22N2O3S/c1-20(13-15-5-2-3-7-17(15)18(23)25-20)19(24)22-10-8-21(9-11-22)14-16-6-4-12-26-16/h2-7,12H,8-11,13-14H2,1H3. The van der Waals surface area contributed by atoms with Gasteiger partial charge in [-0.05, 0) is 30.0 Å². The second kappa shape index (κ2) is 6.85. The highest BCUT2D eigenvalue weighted by Crippen LogP contribution is 2.30. The molecule has 1 fully saturated rings. The molecule has 0 radical (unpaired) electrons. The van der Waals surface area contributed by atoms with Crippen molar-refractivity contribution in [1.29, 1.82) is 0 Å². The van der Waals surface area contributed by atoms with Crippen LogP contribution in [0.4, 0.5) is 0 Å². The Morgan fingerprint density at radius 2 is 1.92 bits per heavy atom. The Labute approximate surface area is 157 Å². The van der Waals surface area contributed by atoms with E-state index < -0.39 is 11.6 Å². The normalized spacial score (nSPS) is 23.4. The first kappa shape index (κ1) is 17.2. The number of nitrogens with zero attached hydrogens (tertiary/aromatic N) is 2. The molecule has 5 nitrogen and oxygen atoms in total. The van der Waals surface area contributed by atoms with Crippen LogP contribution in [0.25, 0.3) is 0 Å². The summed E-state index contributed by atoms with van der Waals surface area (Å²) in [5.74, 6) is -0.491. The summed E-state index contributed by atoms with van der Waals surface area (Å²) in [6, 6.07) is 11.6. The number of ether oxygens (including phenoxy) is 1. The zero-order valence-electron chi connectivity index (χ0n) is 14.8. The van der Waals surface area contributed by atoms with Crippen LogP contribution < -0.4 is 0 Å². The van der Waals surface area contributed by atoms with Gasteiger partial charge in [0.25, 0.3) is 5.91 Å². The highest BCUT2D eigenvalue weighted by atomic mass is 32.1. The summed E-state index contributed by atoms with van der Waals surface area (Å²) >= 11 is 1.76. The van der Waals surface area contributed by atoms with E-state index in [1.165, 1.54) is 4.88 Å². The van der Waals surface area contributed by atoms with Gasteiger partial charge in [0.1, 0.15) is 0 Å². The Balaban J connectivity index is 1.41. The molecular weight excluding hydrogens is 348 g/mol. The van der Waals surface area contributed by atoms with Crippen molar-refractivity contribution < 1.29 is 14.3 Å². The minimum Gasteiger partial charge on any atom is -0.445 e. The fourth-order valence-electron chi connectivity index (χ4n) is 3.72. The first-order valence-electron chi connectivity index (χ1n) is 8.90. The van der Waals surface area contributed by atoms with E-state index in [0.717, 1.165) is 25.2 Å². The van der Waals surface area contributed by atoms with E-state index >= 15 is 0 Å². The van der Waals surface area contributed by atoms with Crippen LogP contribution in [0, 0.1) is 0 Å². The molecular formula is C20H22N2O3S. The third-order valence-corrected chi connectivity index (χ3v) is 6.02. The Hall–Kier alpha value is -2.18. The van der Waals surface area contributed by atoms with E-state index in [4.69, 9.17) is 4.74 Å². The van der Waals surface area contributed by atoms with Crippen LogP contribution in [0.5, 0.6) is 0 Å². The van der Waals surface area contributed by atoms with Gasteiger partial charge in [-0.25, -0.2) is 4.79 Å². The van der Waals surface area contributed by atoms with E-state index in [0.29, 0.717) is 25.1 Å². The number of carbonyl (C=O) groups excluding carboxylic acids is 2. The number of benzene rings is 1. The molecule has 1 saturated heterocycles. The van der Waals surface area contributed by atoms with Crippen LogP contribution in [0.2, 0.25) is 0 Å². The van der Waals surface area contributed by atoms with Crippen molar-refractivity contribution in [3.63, 3.8) is 0 Å². The molecule has 0 spiro atoms. The summed E-state index contributed by atoms with van der Waals surface area (Å²) in [7, 11) is 0. The second-order valence-electron chi connectivity index (χ2n) is 7.10. The molecule has 3 heterocycles. The van der Waals surface area contributed by atoms with Gasteiger partial charge in [-0.15, -0.1) is 11.3 Å². The van der Waals surface area contributed by atoms with Crippen molar-refractivity contribution in [2.24, 2.45) is 0 Å². The summed E-state index contributed by atoms with van der Waals surface area (Å²) < 4.78 is 5.59. The lowest BCUT2D eigenvalue weighted by molar-refractivity contribution is -0.153. The molecule has 0 N–H and O–H groups in total. The van der Waals surface area contributed by atoms with Crippen LogP contribution in [0.3, 0.4) is 0 Å². The highest BCUT2D eigenvalue weighted by Gasteiger charge is 2.45. The lowest BCUT2D eigenvalue weighted by atomic mass is 9.88. The quantitative estimate of drug-likeness (QED) is 0.779. The van der Waals surface area contributed by atoms with E-state index in [9.17, 15) is 9.59 Å². The van der Waals surface area contributed by atoms with Gasteiger partial charge in [-0.2, -0.15) is 0 Å². The maximum Gasteiger partial charge on any atom is 0.339 e. The van der Waals surface area contributed by atoms with Crippen molar-refractivity contribution >= 4 is 23.2 Å². The number of cyclic esters (lactones) is 1. The number of piperazine rings is 1. The van der Waals surface area contributed by atoms with Crippen LogP contribution >= 0.6 is 11.3 Å². The summed E-state index contributed by atoms with van der Waals surface area (Å²) in [5, 5.41) is 2.09. The molecule has 4 rings (SSSR count). The summed E-state index contributed by atoms with van der Waals surface area (Å²) in [6.45, 7) is 5.67. The first-order chi connectivity index (χ1) is 12.5. The minimum atomic E-state index is -1.11. The van der Waals surface area contributed by atoms with Crippen molar-refractivity contribution in [2.45, 2.75) is 25.5 Å². The highest BCUT2D eigenvalue weighted by molar-refractivity contribution is 7.09. The van der Waals surface area contributed by atoms with Crippen molar-refractivity contribution in [1.82, 2.24) is 9.80 Å². The SMILES string of the molecule is CC1(C(=O)N2CCN(Cc3cccs3)CC2)Cc2ccccc2C(=O)O1. The lowest BCUT2D eigenvalue weighted by Crippen LogP contribution is -2.57. The molecule has 136 valence electrons. The van der Waals surface area contributed by atoms with Crippen molar-refractivity contribution in [3.8, 4) is 0 Å². The molecule has 26 heavy (non-hydrogen) atoms. The average molecular weight is 370 g/mol. The number of fused-ring (bicyclic) bond motifs is 1. The van der Waals surface area contributed by atoms with Crippen LogP contribution in [0.1, 0.15) is 27.7 Å². The molecule has 0 saturated carbocycles. The van der Waals surface area contributed by atoms with E-state index in [-0.39, 0.29) is 5.91 Å². The monoisotopic (exact) mass is 370 g/mol. The number of esters is 1. The van der Waals surface area contributed by atoms with Gasteiger partial charge in [0.2, 0.25) is 0 Å². The van der Waals surface area contributed by atoms with Gasteiger partial charge in [0, 0.05) is 44.0 Å². The molecule has 2 aromatic rings. The largest absolute Gasteiger partial charge is 0.445 e. The number of carbonyl (C=O) groups is 2. The maximum atomic E-state index is 13.1. The smallest absolute Gasteiger partial charge is 0.339 e. The van der Waals surface area contributed by atoms with Gasteiger partial charge >= 0.3 is 5.97 Å². The third-order valence-electron chi connectivity index (χ3n) is 5.15. The molecule has 1 amide bonds. The third kappa shape index (κ3) is 3.27. The van der Waals surface area contributed by atoms with Gasteiger partial charge in [0.05, 0.1) is 5.56 Å². The predicted molar refractivity (Wildman–Crippen MR) is 100 cm³/mol. The predicted octanol–water partition coefficient (Wildman–Crippen LogP) is 2.56. The molecule has 0 aliphatic carbocycles. The van der Waals surface area contributed by atoms with Crippen LogP contribution in [0.15, 0.2) is 41.8 Å². The van der Waals surface area contributed by atoms with Gasteiger partial charge in [-0.1, -0.05) is 24.3 Å². The van der Waals surface area contributed by atoms with E-state index in [1.54, 1.807) is 24.3 Å². The average Bonchev–Trinajstić information content (AvgIpc) is 3.15. The molecule has 6 heteroatoms. The number of hydrogen-bond donors (Lipinski definition) is 0. The van der Waals surface area contributed by atoms with Crippen molar-refractivity contribution in [3.05, 3.63) is 57.8 Å². The summed E-state index contributed by atoms with van der Waals surface area (Å²) in [6.07, 6.45) is 0.434. The van der Waals surface area contributed by atoms with E-state index in [2.05, 4.69) is 22.4 Å². The molecule has 0 bridgehead atoms. The van der Waals surface area contributed by atoms with E-state index in [1.807, 2.05) is 23.1 Å². The Morgan fingerprint density at radius 1 is 1.15 bits per heavy atom.